The fourth-order valence-corrected chi connectivity index (χ4v) is 0.392. The second-order valence-electron chi connectivity index (χ2n) is 1.17. The van der Waals surface area contributed by atoms with Crippen LogP contribution in [0.1, 0.15) is 0 Å². The molecule has 0 aromatic carbocycles. The lowest BCUT2D eigenvalue weighted by molar-refractivity contribution is 0.576. The van der Waals surface area contributed by atoms with Gasteiger partial charge in [-0.15, -0.1) is 0 Å². The molecular weight excluding hydrogens is 76.1 g/mol. The molecule has 0 saturated heterocycles. The maximum Gasteiger partial charge on any atom is 0.0485 e. The Kier molecular flexibility index (Phi) is 1.25. The van der Waals surface area contributed by atoms with Crippen molar-refractivity contribution >= 4 is 0 Å². The van der Waals surface area contributed by atoms with Gasteiger partial charge in [-0.3, -0.25) is 0 Å². The van der Waals surface area contributed by atoms with Gasteiger partial charge in [0.2, 0.25) is 0 Å². The molecule has 1 heterocycles. The molecule has 0 spiro atoms. The van der Waals surface area contributed by atoms with E-state index in [2.05, 4.69) is 16.9 Å². The second kappa shape index (κ2) is 1.95. The van der Waals surface area contributed by atoms with Crippen molar-refractivity contribution in [3.05, 3.63) is 12.2 Å². The van der Waals surface area contributed by atoms with Crippen LogP contribution in [0, 0.1) is 0 Å². The summed E-state index contributed by atoms with van der Waals surface area (Å²) in [6.45, 7) is 1.74. The lowest BCUT2D eigenvalue weighted by Crippen LogP contribution is -2.27. The van der Waals surface area contributed by atoms with Crippen LogP contribution in [0.4, 0.5) is 0 Å². The van der Waals surface area contributed by atoms with Crippen LogP contribution in [0.3, 0.4) is 0 Å². The highest BCUT2D eigenvalue weighted by Crippen LogP contribution is 1.72. The Morgan fingerprint density at radius 3 is 2.67 bits per heavy atom. The summed E-state index contributed by atoms with van der Waals surface area (Å²) < 4.78 is 0. The third-order valence-corrected chi connectivity index (χ3v) is 0.684. The van der Waals surface area contributed by atoms with E-state index in [1.165, 1.54) is 0 Å². The second-order valence-corrected chi connectivity index (χ2v) is 1.17. The third-order valence-electron chi connectivity index (χ3n) is 0.684. The quantitative estimate of drug-likeness (QED) is 0.398. The SMILES string of the molecule is C1=CCN[N]C1. The molecule has 1 aliphatic heterocycles. The van der Waals surface area contributed by atoms with Crippen LogP contribution in [0.2, 0.25) is 0 Å². The van der Waals surface area contributed by atoms with Crippen molar-refractivity contribution < 1.29 is 0 Å². The van der Waals surface area contributed by atoms with Crippen LogP contribution >= 0.6 is 0 Å². The van der Waals surface area contributed by atoms with Crippen molar-refractivity contribution in [3.63, 3.8) is 0 Å². The third kappa shape index (κ3) is 0.808. The zero-order chi connectivity index (χ0) is 4.24. The van der Waals surface area contributed by atoms with Gasteiger partial charge in [0.15, 0.2) is 0 Å². The van der Waals surface area contributed by atoms with Gasteiger partial charge in [-0.1, -0.05) is 12.2 Å². The first-order valence-electron chi connectivity index (χ1n) is 2.04. The van der Waals surface area contributed by atoms with E-state index in [4.69, 9.17) is 0 Å². The molecule has 6 heavy (non-hydrogen) atoms. The first-order valence-corrected chi connectivity index (χ1v) is 2.04. The van der Waals surface area contributed by atoms with Gasteiger partial charge < -0.3 is 0 Å². The molecule has 0 aromatic heterocycles. The average Bonchev–Trinajstić information content (AvgIpc) is 1.72. The van der Waals surface area contributed by atoms with Crippen molar-refractivity contribution in [2.75, 3.05) is 13.1 Å². The number of nitrogens with one attached hydrogen (secondary N) is 1. The topological polar surface area (TPSA) is 26.1 Å². The Morgan fingerprint density at radius 2 is 2.50 bits per heavy atom. The standard InChI is InChI=1S/C4H7N2/c1-2-4-6-5-3-1/h1-2,5H,3-4H2. The summed E-state index contributed by atoms with van der Waals surface area (Å²) >= 11 is 0. The molecule has 0 atom stereocenters. The summed E-state index contributed by atoms with van der Waals surface area (Å²) in [4.78, 5) is 0. The van der Waals surface area contributed by atoms with Crippen LogP contribution in [-0.4, -0.2) is 13.1 Å². The molecule has 1 N–H and O–H groups in total. The Balaban J connectivity index is 2.26. The molecule has 0 amide bonds. The van der Waals surface area contributed by atoms with E-state index in [1.807, 2.05) is 6.08 Å². The maximum absolute atomic E-state index is 3.84. The normalized spacial score (nSPS) is 21.3. The summed E-state index contributed by atoms with van der Waals surface area (Å²) in [6.07, 6.45) is 4.10. The summed E-state index contributed by atoms with van der Waals surface area (Å²) in [6, 6.07) is 0. The van der Waals surface area contributed by atoms with Crippen LogP contribution in [0.25, 0.3) is 0 Å². The van der Waals surface area contributed by atoms with Crippen molar-refractivity contribution in [3.8, 4) is 0 Å². The van der Waals surface area contributed by atoms with E-state index in [9.17, 15) is 0 Å². The van der Waals surface area contributed by atoms with Crippen LogP contribution < -0.4 is 10.9 Å². The molecule has 1 radical (unpaired) electrons. The van der Waals surface area contributed by atoms with Crippen molar-refractivity contribution in [2.24, 2.45) is 0 Å². The van der Waals surface area contributed by atoms with Gasteiger partial charge in [0.1, 0.15) is 0 Å². The molecule has 2 nitrogen and oxygen atoms in total. The highest BCUT2D eigenvalue weighted by molar-refractivity contribution is 4.87. The summed E-state index contributed by atoms with van der Waals surface area (Å²) in [5.41, 5.74) is 6.66. The molecule has 1 aliphatic rings. The minimum atomic E-state index is 0.833. The van der Waals surface area contributed by atoms with Crippen molar-refractivity contribution in [2.45, 2.75) is 0 Å². The van der Waals surface area contributed by atoms with Gasteiger partial charge >= 0.3 is 0 Å². The van der Waals surface area contributed by atoms with E-state index in [0.717, 1.165) is 13.1 Å². The van der Waals surface area contributed by atoms with E-state index in [1.54, 1.807) is 0 Å². The number of rotatable bonds is 0. The molecule has 0 aliphatic carbocycles. The van der Waals surface area contributed by atoms with Crippen LogP contribution in [0.15, 0.2) is 12.2 Å². The highest BCUT2D eigenvalue weighted by atomic mass is 15.3. The number of hydrogen-bond donors (Lipinski definition) is 1. The smallest absolute Gasteiger partial charge is 0.0485 e. The fourth-order valence-electron chi connectivity index (χ4n) is 0.392. The Hall–Kier alpha value is -0.340. The zero-order valence-electron chi connectivity index (χ0n) is 3.52. The van der Waals surface area contributed by atoms with Gasteiger partial charge in [-0.25, -0.2) is 5.43 Å². The Labute approximate surface area is 37.2 Å². The largest absolute Gasteiger partial charge is 0.236 e. The predicted molar refractivity (Wildman–Crippen MR) is 24.1 cm³/mol. The summed E-state index contributed by atoms with van der Waals surface area (Å²) in [5.74, 6) is 0. The lowest BCUT2D eigenvalue weighted by atomic mass is 10.5. The van der Waals surface area contributed by atoms with Crippen LogP contribution in [-0.2, 0) is 0 Å². The van der Waals surface area contributed by atoms with Gasteiger partial charge in [0.05, 0.1) is 0 Å². The first kappa shape index (κ1) is 3.84. The van der Waals surface area contributed by atoms with Crippen molar-refractivity contribution in [1.29, 1.82) is 0 Å². The fraction of sp³-hybridized carbons (Fsp3) is 0.500. The monoisotopic (exact) mass is 83.1 g/mol. The van der Waals surface area contributed by atoms with Gasteiger partial charge in [0.25, 0.3) is 0 Å². The van der Waals surface area contributed by atoms with Gasteiger partial charge in [-0.2, -0.15) is 5.43 Å². The molecule has 0 bridgehead atoms. The lowest BCUT2D eigenvalue weighted by Gasteiger charge is -2.01. The highest BCUT2D eigenvalue weighted by Gasteiger charge is 1.84. The maximum atomic E-state index is 3.84. The summed E-state index contributed by atoms with van der Waals surface area (Å²) in [7, 11) is 0. The summed E-state index contributed by atoms with van der Waals surface area (Å²) in [5, 5.41) is 0. The molecule has 0 saturated carbocycles. The van der Waals surface area contributed by atoms with E-state index < -0.39 is 0 Å². The Bertz CT molecular complexity index is 50.6. The predicted octanol–water partition coefficient (Wildman–Crippen LogP) is -0.335. The van der Waals surface area contributed by atoms with Crippen LogP contribution in [0.5, 0.6) is 0 Å². The molecular formula is C4H7N2. The Morgan fingerprint density at radius 1 is 1.50 bits per heavy atom. The molecule has 2 heteroatoms. The average molecular weight is 83.1 g/mol. The minimum Gasteiger partial charge on any atom is -0.236 e. The van der Waals surface area contributed by atoms with Gasteiger partial charge in [-0.05, 0) is 0 Å². The molecule has 1 rings (SSSR count). The number of nitrogens with zero attached hydrogens (tertiary/aromatic N) is 1. The van der Waals surface area contributed by atoms with Gasteiger partial charge in [0, 0.05) is 13.1 Å². The molecule has 0 aromatic rings. The first-order chi connectivity index (χ1) is 3.00. The van der Waals surface area contributed by atoms with E-state index >= 15 is 0 Å². The molecule has 33 valence electrons. The van der Waals surface area contributed by atoms with Crippen molar-refractivity contribution in [1.82, 2.24) is 10.9 Å². The molecule has 0 fully saturated rings. The zero-order valence-corrected chi connectivity index (χ0v) is 3.52. The minimum absolute atomic E-state index is 0.833. The van der Waals surface area contributed by atoms with E-state index in [0.29, 0.717) is 0 Å². The van der Waals surface area contributed by atoms with E-state index in [-0.39, 0.29) is 0 Å². The number of hydrogen-bond acceptors (Lipinski definition) is 1. The molecule has 0 unspecified atom stereocenters.